The maximum atomic E-state index is 13.1. The van der Waals surface area contributed by atoms with Crippen molar-refractivity contribution in [2.24, 2.45) is 0 Å². The number of amides is 2. The molecule has 10 nitrogen and oxygen atoms in total. The lowest BCUT2D eigenvalue weighted by atomic mass is 9.93. The lowest BCUT2D eigenvalue weighted by Crippen LogP contribution is -2.52. The molecule has 1 unspecified atom stereocenters. The molecular weight excluding hydrogens is 478 g/mol. The third-order valence-electron chi connectivity index (χ3n) is 6.19. The van der Waals surface area contributed by atoms with Crippen LogP contribution in [0.5, 0.6) is 5.75 Å². The first-order valence-corrected chi connectivity index (χ1v) is 11.8. The predicted molar refractivity (Wildman–Crippen MR) is 137 cm³/mol. The van der Waals surface area contributed by atoms with E-state index in [-0.39, 0.29) is 19.8 Å². The molecule has 0 saturated heterocycles. The third kappa shape index (κ3) is 4.65. The topological polar surface area (TPSA) is 141 Å². The van der Waals surface area contributed by atoms with E-state index in [9.17, 15) is 19.5 Å². The summed E-state index contributed by atoms with van der Waals surface area (Å²) in [6, 6.07) is 15.0. The van der Waals surface area contributed by atoms with Gasteiger partial charge in [-0.2, -0.15) is 0 Å². The number of nitrogens with one attached hydrogen (secondary N) is 2. The summed E-state index contributed by atoms with van der Waals surface area (Å²) in [6.07, 6.45) is -1.05. The molecule has 10 heteroatoms. The van der Waals surface area contributed by atoms with Crippen molar-refractivity contribution in [3.63, 3.8) is 0 Å². The smallest absolute Gasteiger partial charge is 0.336 e. The molecule has 0 radical (unpaired) electrons. The molecule has 4 aromatic rings. The molecule has 1 aromatic heterocycles. The molecule has 1 atom stereocenters. The Morgan fingerprint density at radius 2 is 1.78 bits per heavy atom. The van der Waals surface area contributed by atoms with Crippen LogP contribution in [0.1, 0.15) is 26.3 Å². The summed E-state index contributed by atoms with van der Waals surface area (Å²) in [6.45, 7) is 1.84. The van der Waals surface area contributed by atoms with Crippen LogP contribution in [0.15, 0.2) is 63.8 Å². The molecular formula is C27H25N3O7. The highest BCUT2D eigenvalue weighted by molar-refractivity contribution is 6.26. The number of hydrogen-bond acceptors (Lipinski definition) is 9. The zero-order chi connectivity index (χ0) is 26.1. The summed E-state index contributed by atoms with van der Waals surface area (Å²) < 4.78 is 10.8. The number of hydrazine groups is 1. The van der Waals surface area contributed by atoms with Crippen molar-refractivity contribution >= 4 is 39.2 Å². The summed E-state index contributed by atoms with van der Waals surface area (Å²) in [5.41, 5.74) is 4.85. The van der Waals surface area contributed by atoms with Gasteiger partial charge in [-0.05, 0) is 42.8 Å². The molecule has 0 aliphatic carbocycles. The Labute approximate surface area is 211 Å². The Kier molecular flexibility index (Phi) is 6.62. The van der Waals surface area contributed by atoms with E-state index >= 15 is 0 Å². The van der Waals surface area contributed by atoms with Crippen molar-refractivity contribution in [2.45, 2.75) is 13.0 Å². The number of imide groups is 1. The minimum atomic E-state index is -1.05. The lowest BCUT2D eigenvalue weighted by molar-refractivity contribution is 0.0433. The first kappa shape index (κ1) is 24.4. The van der Waals surface area contributed by atoms with Gasteiger partial charge < -0.3 is 24.7 Å². The van der Waals surface area contributed by atoms with Crippen LogP contribution in [0.4, 0.5) is 5.69 Å². The Bertz CT molecular complexity index is 1560. The van der Waals surface area contributed by atoms with Crippen molar-refractivity contribution in [1.29, 1.82) is 0 Å². The number of aliphatic hydroxyl groups excluding tert-OH is 2. The molecule has 0 spiro atoms. The van der Waals surface area contributed by atoms with Crippen LogP contribution in [-0.2, 0) is 0 Å². The van der Waals surface area contributed by atoms with Crippen LogP contribution in [0.3, 0.4) is 0 Å². The first-order chi connectivity index (χ1) is 17.9. The fraction of sp³-hybridized carbons (Fsp3) is 0.222. The normalized spacial score (nSPS) is 13.9. The van der Waals surface area contributed by atoms with E-state index in [1.165, 1.54) is 6.07 Å². The molecule has 0 bridgehead atoms. The summed E-state index contributed by atoms with van der Waals surface area (Å²) >= 11 is 0. The zero-order valence-corrected chi connectivity index (χ0v) is 20.0. The van der Waals surface area contributed by atoms with E-state index in [0.29, 0.717) is 45.5 Å². The van der Waals surface area contributed by atoms with Crippen molar-refractivity contribution in [1.82, 2.24) is 10.4 Å². The highest BCUT2D eigenvalue weighted by Gasteiger charge is 2.33. The van der Waals surface area contributed by atoms with Gasteiger partial charge in [-0.1, -0.05) is 12.1 Å². The number of aryl methyl sites for hydroxylation is 1. The molecule has 2 amide bonds. The zero-order valence-electron chi connectivity index (χ0n) is 20.0. The van der Waals surface area contributed by atoms with E-state index in [1.807, 2.05) is 13.0 Å². The molecule has 1 aliphatic heterocycles. The van der Waals surface area contributed by atoms with Gasteiger partial charge in [0.05, 0.1) is 17.7 Å². The number of carbonyl (C=O) groups is 2. The number of benzene rings is 3. The number of aliphatic hydroxyl groups is 2. The van der Waals surface area contributed by atoms with E-state index in [4.69, 9.17) is 14.3 Å². The number of fused-ring (bicyclic) bond motifs is 1. The third-order valence-corrected chi connectivity index (χ3v) is 6.19. The molecule has 1 aliphatic rings. The monoisotopic (exact) mass is 503 g/mol. The number of hydrogen-bond donors (Lipinski definition) is 4. The minimum Gasteiger partial charge on any atom is -0.491 e. The Morgan fingerprint density at radius 1 is 1.00 bits per heavy atom. The van der Waals surface area contributed by atoms with Gasteiger partial charge >= 0.3 is 5.63 Å². The number of rotatable bonds is 9. The van der Waals surface area contributed by atoms with Crippen LogP contribution in [0.2, 0.25) is 0 Å². The summed E-state index contributed by atoms with van der Waals surface area (Å²) in [4.78, 5) is 37.9. The van der Waals surface area contributed by atoms with Crippen molar-refractivity contribution in [2.75, 3.05) is 31.6 Å². The lowest BCUT2D eigenvalue weighted by Gasteiger charge is -2.28. The first-order valence-electron chi connectivity index (χ1n) is 11.8. The Hall–Kier alpha value is -4.25. The average Bonchev–Trinajstić information content (AvgIpc) is 2.89. The van der Waals surface area contributed by atoms with Gasteiger partial charge in [0.1, 0.15) is 24.0 Å². The maximum absolute atomic E-state index is 13.1. The van der Waals surface area contributed by atoms with Gasteiger partial charge in [-0.25, -0.2) is 15.2 Å². The van der Waals surface area contributed by atoms with Gasteiger partial charge in [0.25, 0.3) is 11.8 Å². The standard InChI is InChI=1S/C27H25N3O7/c1-15-11-24(33)37-23-12-17(5-6-18(15)23)36-14-16(32)13-29-30-26(34)20-4-2-3-19-22(28-9-10-31)8-7-21(25(19)20)27(30)35/h2-8,11-12,16,28-29,31-32H,9-10,13-14H2,1H3. The van der Waals surface area contributed by atoms with Crippen molar-refractivity contribution < 1.29 is 29.0 Å². The Morgan fingerprint density at radius 3 is 2.57 bits per heavy atom. The fourth-order valence-corrected chi connectivity index (χ4v) is 4.43. The van der Waals surface area contributed by atoms with E-state index in [1.54, 1.807) is 42.5 Å². The fourth-order valence-electron chi connectivity index (χ4n) is 4.43. The molecule has 4 N–H and O–H groups in total. The summed E-state index contributed by atoms with van der Waals surface area (Å²) in [7, 11) is 0. The molecule has 5 rings (SSSR count). The number of anilines is 1. The number of ether oxygens (including phenoxy) is 1. The average molecular weight is 504 g/mol. The van der Waals surface area contributed by atoms with Gasteiger partial charge in [0.15, 0.2) is 0 Å². The number of carbonyl (C=O) groups excluding carboxylic acids is 2. The van der Waals surface area contributed by atoms with Crippen LogP contribution < -0.4 is 21.1 Å². The summed E-state index contributed by atoms with van der Waals surface area (Å²) in [5.74, 6) is -0.664. The van der Waals surface area contributed by atoms with Gasteiger partial charge in [0.2, 0.25) is 0 Å². The van der Waals surface area contributed by atoms with Gasteiger partial charge in [-0.15, -0.1) is 0 Å². The van der Waals surface area contributed by atoms with Gasteiger partial charge in [0, 0.05) is 47.1 Å². The predicted octanol–water partition coefficient (Wildman–Crippen LogP) is 2.20. The minimum absolute atomic E-state index is 0.0541. The molecule has 190 valence electrons. The van der Waals surface area contributed by atoms with Crippen LogP contribution in [0.25, 0.3) is 21.7 Å². The molecule has 37 heavy (non-hydrogen) atoms. The second kappa shape index (κ2) is 10.0. The second-order valence-corrected chi connectivity index (χ2v) is 8.72. The quantitative estimate of drug-likeness (QED) is 0.200. The SMILES string of the molecule is Cc1cc(=O)oc2cc(OCC(O)CNN3C(=O)c4cccc5c(NCCO)ccc(c45)C3=O)ccc12. The largest absolute Gasteiger partial charge is 0.491 e. The summed E-state index contributed by atoms with van der Waals surface area (Å²) in [5, 5.41) is 25.6. The van der Waals surface area contributed by atoms with E-state index in [2.05, 4.69) is 10.7 Å². The van der Waals surface area contributed by atoms with E-state index < -0.39 is 23.5 Å². The van der Waals surface area contributed by atoms with Crippen LogP contribution in [-0.4, -0.2) is 59.4 Å². The molecule has 2 heterocycles. The van der Waals surface area contributed by atoms with Crippen molar-refractivity contribution in [3.8, 4) is 5.75 Å². The highest BCUT2D eigenvalue weighted by Crippen LogP contribution is 2.34. The van der Waals surface area contributed by atoms with Crippen molar-refractivity contribution in [3.05, 3.63) is 81.7 Å². The molecule has 0 fully saturated rings. The van der Waals surface area contributed by atoms with Crippen LogP contribution in [0, 0.1) is 6.92 Å². The Balaban J connectivity index is 1.27. The van der Waals surface area contributed by atoms with Gasteiger partial charge in [-0.3, -0.25) is 9.59 Å². The second-order valence-electron chi connectivity index (χ2n) is 8.72. The van der Waals surface area contributed by atoms with E-state index in [0.717, 1.165) is 16.0 Å². The van der Waals surface area contributed by atoms with Crippen LogP contribution >= 0.6 is 0 Å². The maximum Gasteiger partial charge on any atom is 0.336 e. The highest BCUT2D eigenvalue weighted by atomic mass is 16.5. The molecule has 3 aromatic carbocycles. The number of nitrogens with zero attached hydrogens (tertiary/aromatic N) is 1. The molecule has 0 saturated carbocycles.